The first-order valence-corrected chi connectivity index (χ1v) is 14.1. The fraction of sp³-hybridized carbons (Fsp3) is 0.433. The molecule has 1 amide bonds. The fourth-order valence-corrected chi connectivity index (χ4v) is 6.53. The maximum atomic E-state index is 13.5. The van der Waals surface area contributed by atoms with E-state index in [-0.39, 0.29) is 17.2 Å². The minimum atomic E-state index is -4.35. The standard InChI is InChI=1S/C30H30Cl2F4N2O/c31-26-9-8-24-25(28(26)32)12-17-38(29(39)20-4-6-23(33)7-5-20)27(24)13-16-37-14-10-19(11-15-37)21-2-1-3-22(18-21)30(34,35)36/h1-7,18-19,26H,8-17H2. The number of piperidine rings is 1. The van der Waals surface area contributed by atoms with Gasteiger partial charge in [-0.15, -0.1) is 11.6 Å². The molecule has 1 saturated heterocycles. The van der Waals surface area contributed by atoms with Crippen molar-refractivity contribution in [2.75, 3.05) is 26.2 Å². The van der Waals surface area contributed by atoms with E-state index in [0.29, 0.717) is 36.4 Å². The number of rotatable bonds is 5. The summed E-state index contributed by atoms with van der Waals surface area (Å²) in [4.78, 5) is 17.6. The summed E-state index contributed by atoms with van der Waals surface area (Å²) in [5, 5.41) is 0.437. The van der Waals surface area contributed by atoms with Crippen molar-refractivity contribution >= 4 is 29.1 Å². The molecule has 208 valence electrons. The first-order valence-electron chi connectivity index (χ1n) is 13.3. The van der Waals surface area contributed by atoms with E-state index in [1.54, 1.807) is 11.0 Å². The Hall–Kier alpha value is -2.35. The van der Waals surface area contributed by atoms with Crippen LogP contribution in [0.1, 0.15) is 65.9 Å². The Morgan fingerprint density at radius 1 is 0.949 bits per heavy atom. The van der Waals surface area contributed by atoms with E-state index in [1.165, 1.54) is 36.4 Å². The number of hydrogen-bond acceptors (Lipinski definition) is 2. The molecular weight excluding hydrogens is 551 g/mol. The van der Waals surface area contributed by atoms with E-state index >= 15 is 0 Å². The lowest BCUT2D eigenvalue weighted by molar-refractivity contribution is -0.137. The van der Waals surface area contributed by atoms with E-state index in [1.807, 2.05) is 0 Å². The van der Waals surface area contributed by atoms with Crippen molar-refractivity contribution in [3.63, 3.8) is 0 Å². The maximum absolute atomic E-state index is 13.5. The zero-order valence-electron chi connectivity index (χ0n) is 21.4. The van der Waals surface area contributed by atoms with Crippen LogP contribution in [-0.2, 0) is 6.18 Å². The summed E-state index contributed by atoms with van der Waals surface area (Å²) in [5.74, 6) is -0.470. The Kier molecular flexibility index (Phi) is 8.41. The molecule has 1 atom stereocenters. The number of allylic oxidation sites excluding steroid dienone is 2. The zero-order chi connectivity index (χ0) is 27.7. The van der Waals surface area contributed by atoms with Gasteiger partial charge in [0.15, 0.2) is 0 Å². The Morgan fingerprint density at radius 2 is 1.67 bits per heavy atom. The Bertz CT molecular complexity index is 1280. The van der Waals surface area contributed by atoms with Crippen molar-refractivity contribution in [1.82, 2.24) is 9.80 Å². The molecule has 0 bridgehead atoms. The number of amides is 1. The summed E-state index contributed by atoms with van der Waals surface area (Å²) in [6.45, 7) is 2.73. The number of carbonyl (C=O) groups is 1. The molecule has 9 heteroatoms. The lowest BCUT2D eigenvalue weighted by Gasteiger charge is -2.39. The molecule has 0 saturated carbocycles. The van der Waals surface area contributed by atoms with Crippen LogP contribution in [0.4, 0.5) is 17.6 Å². The van der Waals surface area contributed by atoms with Crippen LogP contribution < -0.4 is 0 Å². The highest BCUT2D eigenvalue weighted by Gasteiger charge is 2.34. The summed E-state index contributed by atoms with van der Waals surface area (Å²) < 4.78 is 53.0. The summed E-state index contributed by atoms with van der Waals surface area (Å²) in [6.07, 6.45) is -0.106. The van der Waals surface area contributed by atoms with Gasteiger partial charge in [0, 0.05) is 35.8 Å². The van der Waals surface area contributed by atoms with Crippen LogP contribution in [-0.4, -0.2) is 47.3 Å². The SMILES string of the molecule is O=C(c1ccc(F)cc1)N1CCC2=C(Cl)C(Cl)CCC2=C1CCN1CCC(c2cccc(C(F)(F)F)c2)CC1. The third-order valence-corrected chi connectivity index (χ3v) is 9.15. The van der Waals surface area contributed by atoms with Gasteiger partial charge < -0.3 is 9.80 Å². The molecule has 39 heavy (non-hydrogen) atoms. The van der Waals surface area contributed by atoms with Crippen LogP contribution >= 0.6 is 23.2 Å². The predicted octanol–water partition coefficient (Wildman–Crippen LogP) is 8.11. The number of fused-ring (bicyclic) bond motifs is 1. The van der Waals surface area contributed by atoms with Gasteiger partial charge in [0.25, 0.3) is 5.91 Å². The highest BCUT2D eigenvalue weighted by molar-refractivity contribution is 6.38. The number of halogens is 6. The van der Waals surface area contributed by atoms with Gasteiger partial charge in [0.2, 0.25) is 0 Å². The van der Waals surface area contributed by atoms with E-state index < -0.39 is 17.6 Å². The fourth-order valence-electron chi connectivity index (χ4n) is 5.97. The molecule has 2 aromatic carbocycles. The van der Waals surface area contributed by atoms with Gasteiger partial charge >= 0.3 is 6.18 Å². The third kappa shape index (κ3) is 6.21. The maximum Gasteiger partial charge on any atom is 0.416 e. The average molecular weight is 581 g/mol. The number of nitrogens with zero attached hydrogens (tertiary/aromatic N) is 2. The highest BCUT2D eigenvalue weighted by Crippen LogP contribution is 2.43. The van der Waals surface area contributed by atoms with Crippen LogP contribution in [0.2, 0.25) is 0 Å². The molecule has 0 spiro atoms. The first kappa shape index (κ1) is 28.2. The number of hydrogen-bond donors (Lipinski definition) is 0. The van der Waals surface area contributed by atoms with E-state index in [2.05, 4.69) is 4.90 Å². The molecule has 3 nitrogen and oxygen atoms in total. The summed E-state index contributed by atoms with van der Waals surface area (Å²) in [7, 11) is 0. The van der Waals surface area contributed by atoms with Gasteiger partial charge in [0.05, 0.1) is 10.9 Å². The minimum Gasteiger partial charge on any atom is -0.311 e. The molecular formula is C30H30Cl2F4N2O. The van der Waals surface area contributed by atoms with Gasteiger partial charge in [-0.2, -0.15) is 13.2 Å². The van der Waals surface area contributed by atoms with Crippen LogP contribution in [0.5, 0.6) is 0 Å². The predicted molar refractivity (Wildman–Crippen MR) is 145 cm³/mol. The smallest absolute Gasteiger partial charge is 0.311 e. The number of likely N-dealkylation sites (tertiary alicyclic amines) is 1. The molecule has 1 aliphatic carbocycles. The third-order valence-electron chi connectivity index (χ3n) is 8.11. The molecule has 2 aliphatic heterocycles. The van der Waals surface area contributed by atoms with Crippen molar-refractivity contribution in [1.29, 1.82) is 0 Å². The monoisotopic (exact) mass is 580 g/mol. The summed E-state index contributed by atoms with van der Waals surface area (Å²) >= 11 is 13.1. The van der Waals surface area contributed by atoms with Crippen molar-refractivity contribution in [2.24, 2.45) is 0 Å². The molecule has 0 radical (unpaired) electrons. The second-order valence-corrected chi connectivity index (χ2v) is 11.4. The normalized spacial score (nSPS) is 21.4. The number of carbonyl (C=O) groups excluding carboxylic acids is 1. The molecule has 0 N–H and O–H groups in total. The lowest BCUT2D eigenvalue weighted by atomic mass is 9.85. The van der Waals surface area contributed by atoms with E-state index in [9.17, 15) is 22.4 Å². The summed E-state index contributed by atoms with van der Waals surface area (Å²) in [6, 6.07) is 11.3. The van der Waals surface area contributed by atoms with E-state index in [0.717, 1.165) is 67.4 Å². The molecule has 1 unspecified atom stereocenters. The van der Waals surface area contributed by atoms with Gasteiger partial charge in [-0.25, -0.2) is 4.39 Å². The van der Waals surface area contributed by atoms with Gasteiger partial charge in [-0.3, -0.25) is 4.79 Å². The Morgan fingerprint density at radius 3 is 2.36 bits per heavy atom. The lowest BCUT2D eigenvalue weighted by Crippen LogP contribution is -2.39. The number of benzene rings is 2. The van der Waals surface area contributed by atoms with E-state index in [4.69, 9.17) is 23.2 Å². The van der Waals surface area contributed by atoms with Crippen LogP contribution in [0.15, 0.2) is 70.4 Å². The Balaban J connectivity index is 1.31. The summed E-state index contributed by atoms with van der Waals surface area (Å²) in [5.41, 5.74) is 3.61. The van der Waals surface area contributed by atoms with Gasteiger partial charge in [-0.05, 0) is 98.2 Å². The Labute approximate surface area is 236 Å². The molecule has 2 heterocycles. The van der Waals surface area contributed by atoms with Crippen LogP contribution in [0, 0.1) is 5.82 Å². The molecule has 2 aromatic rings. The topological polar surface area (TPSA) is 23.6 Å². The second-order valence-electron chi connectivity index (χ2n) is 10.5. The first-order chi connectivity index (χ1) is 18.6. The van der Waals surface area contributed by atoms with Crippen molar-refractivity contribution in [3.8, 4) is 0 Å². The van der Waals surface area contributed by atoms with Gasteiger partial charge in [0.1, 0.15) is 5.82 Å². The van der Waals surface area contributed by atoms with Crippen LogP contribution in [0.3, 0.4) is 0 Å². The zero-order valence-corrected chi connectivity index (χ0v) is 22.9. The average Bonchev–Trinajstić information content (AvgIpc) is 2.93. The van der Waals surface area contributed by atoms with Crippen molar-refractivity contribution in [3.05, 3.63) is 92.9 Å². The molecule has 3 aliphatic rings. The molecule has 5 rings (SSSR count). The minimum absolute atomic E-state index is 0.0872. The van der Waals surface area contributed by atoms with Crippen LogP contribution in [0.25, 0.3) is 0 Å². The largest absolute Gasteiger partial charge is 0.416 e. The van der Waals surface area contributed by atoms with Gasteiger partial charge in [-0.1, -0.05) is 29.8 Å². The van der Waals surface area contributed by atoms with Crippen molar-refractivity contribution in [2.45, 2.75) is 56.0 Å². The van der Waals surface area contributed by atoms with Crippen molar-refractivity contribution < 1.29 is 22.4 Å². The molecule has 1 fully saturated rings. The molecule has 0 aromatic heterocycles. The quantitative estimate of drug-likeness (QED) is 0.263. The second kappa shape index (κ2) is 11.6. The number of alkyl halides is 4. The highest BCUT2D eigenvalue weighted by atomic mass is 35.5.